The van der Waals surface area contributed by atoms with E-state index in [2.05, 4.69) is 10.3 Å². The fourth-order valence-electron chi connectivity index (χ4n) is 1.59. The number of benzene rings is 1. The molecule has 94 valence electrons. The van der Waals surface area contributed by atoms with Gasteiger partial charge < -0.3 is 10.1 Å². The second-order valence-corrected chi connectivity index (χ2v) is 4.30. The van der Waals surface area contributed by atoms with Crippen LogP contribution >= 0.6 is 11.6 Å². The molecule has 0 saturated heterocycles. The van der Waals surface area contributed by atoms with Gasteiger partial charge in [0.15, 0.2) is 0 Å². The van der Waals surface area contributed by atoms with Gasteiger partial charge in [0.25, 0.3) is 0 Å². The number of ether oxygens (including phenoxy) is 1. The Morgan fingerprint density at radius 1 is 1.28 bits per heavy atom. The Morgan fingerprint density at radius 2 is 2.11 bits per heavy atom. The van der Waals surface area contributed by atoms with Crippen LogP contribution in [0.2, 0.25) is 5.15 Å². The van der Waals surface area contributed by atoms with Crippen molar-refractivity contribution in [2.24, 2.45) is 0 Å². The average Bonchev–Trinajstić information content (AvgIpc) is 2.37. The number of nitrogens with zero attached hydrogens (tertiary/aromatic N) is 1. The highest BCUT2D eigenvalue weighted by Crippen LogP contribution is 2.16. The fourth-order valence-corrected chi connectivity index (χ4v) is 1.76. The largest absolute Gasteiger partial charge is 0.491 e. The monoisotopic (exact) mass is 262 g/mol. The van der Waals surface area contributed by atoms with E-state index in [9.17, 15) is 0 Å². The van der Waals surface area contributed by atoms with Gasteiger partial charge in [0.05, 0.1) is 0 Å². The molecular weight excluding hydrogens is 248 g/mol. The summed E-state index contributed by atoms with van der Waals surface area (Å²) >= 11 is 5.79. The lowest BCUT2D eigenvalue weighted by atomic mass is 10.2. The van der Waals surface area contributed by atoms with Crippen LogP contribution in [0.3, 0.4) is 0 Å². The molecule has 1 N–H and O–H groups in total. The molecule has 0 aliphatic heterocycles. The number of anilines is 1. The highest BCUT2D eigenvalue weighted by atomic mass is 35.5. The number of nitrogens with one attached hydrogen (secondary N) is 1. The highest BCUT2D eigenvalue weighted by molar-refractivity contribution is 6.29. The molecule has 0 bridgehead atoms. The predicted octanol–water partition coefficient (Wildman–Crippen LogP) is 3.53. The third-order valence-corrected chi connectivity index (χ3v) is 2.72. The fraction of sp³-hybridized carbons (Fsp3) is 0.214. The van der Waals surface area contributed by atoms with Crippen LogP contribution in [0.15, 0.2) is 42.6 Å². The van der Waals surface area contributed by atoms with E-state index in [0.29, 0.717) is 18.3 Å². The van der Waals surface area contributed by atoms with Gasteiger partial charge in [0, 0.05) is 18.4 Å². The van der Waals surface area contributed by atoms with Crippen LogP contribution in [0.4, 0.5) is 5.69 Å². The lowest BCUT2D eigenvalue weighted by Gasteiger charge is -2.10. The minimum Gasteiger partial charge on any atom is -0.491 e. The molecule has 2 rings (SSSR count). The van der Waals surface area contributed by atoms with E-state index < -0.39 is 0 Å². The second-order valence-electron chi connectivity index (χ2n) is 3.91. The molecule has 1 aromatic heterocycles. The smallest absolute Gasteiger partial charge is 0.131 e. The molecule has 1 aromatic carbocycles. The molecule has 4 heteroatoms. The van der Waals surface area contributed by atoms with E-state index in [1.165, 1.54) is 0 Å². The van der Waals surface area contributed by atoms with Gasteiger partial charge in [-0.1, -0.05) is 29.8 Å². The lowest BCUT2D eigenvalue weighted by Crippen LogP contribution is -2.11. The van der Waals surface area contributed by atoms with E-state index in [4.69, 9.17) is 16.3 Å². The number of halogens is 1. The van der Waals surface area contributed by atoms with Crippen molar-refractivity contribution < 1.29 is 4.74 Å². The molecule has 2 aromatic rings. The topological polar surface area (TPSA) is 34.1 Å². The number of aryl methyl sites for hydroxylation is 1. The molecular formula is C14H15ClN2O. The Hall–Kier alpha value is -1.74. The van der Waals surface area contributed by atoms with Crippen molar-refractivity contribution in [3.8, 4) is 5.75 Å². The van der Waals surface area contributed by atoms with Gasteiger partial charge in [-0.3, -0.25) is 0 Å². The summed E-state index contributed by atoms with van der Waals surface area (Å²) in [5.41, 5.74) is 2.09. The van der Waals surface area contributed by atoms with E-state index in [-0.39, 0.29) is 0 Å². The zero-order valence-electron chi connectivity index (χ0n) is 10.2. The molecule has 0 saturated carbocycles. The maximum absolute atomic E-state index is 5.79. The van der Waals surface area contributed by atoms with Crippen molar-refractivity contribution in [2.75, 3.05) is 18.5 Å². The zero-order chi connectivity index (χ0) is 12.8. The Labute approximate surface area is 112 Å². The average molecular weight is 263 g/mol. The second kappa shape index (κ2) is 6.26. The highest BCUT2D eigenvalue weighted by Gasteiger charge is 1.98. The Morgan fingerprint density at radius 3 is 2.89 bits per heavy atom. The first-order valence-electron chi connectivity index (χ1n) is 5.79. The molecule has 1 heterocycles. The molecule has 0 aliphatic rings. The van der Waals surface area contributed by atoms with Gasteiger partial charge in [-0.25, -0.2) is 4.98 Å². The van der Waals surface area contributed by atoms with Gasteiger partial charge in [0.2, 0.25) is 0 Å². The van der Waals surface area contributed by atoms with E-state index >= 15 is 0 Å². The van der Waals surface area contributed by atoms with Crippen molar-refractivity contribution in [2.45, 2.75) is 6.92 Å². The maximum atomic E-state index is 5.79. The quantitative estimate of drug-likeness (QED) is 0.661. The van der Waals surface area contributed by atoms with Crippen LogP contribution in [0, 0.1) is 6.92 Å². The summed E-state index contributed by atoms with van der Waals surface area (Å²) in [6.07, 6.45) is 1.67. The third-order valence-electron chi connectivity index (χ3n) is 2.51. The summed E-state index contributed by atoms with van der Waals surface area (Å²) in [4.78, 5) is 3.92. The molecule has 0 spiro atoms. The Bertz CT molecular complexity index is 517. The van der Waals surface area contributed by atoms with E-state index in [0.717, 1.165) is 17.0 Å². The van der Waals surface area contributed by atoms with Crippen molar-refractivity contribution in [1.82, 2.24) is 4.98 Å². The molecule has 0 unspecified atom stereocenters. The summed E-state index contributed by atoms with van der Waals surface area (Å²) in [5.74, 6) is 0.923. The van der Waals surface area contributed by atoms with E-state index in [1.54, 1.807) is 12.3 Å². The SMILES string of the molecule is Cc1ccccc1OCCNc1ccnc(Cl)c1. The van der Waals surface area contributed by atoms with Gasteiger partial charge in [-0.15, -0.1) is 0 Å². The zero-order valence-corrected chi connectivity index (χ0v) is 10.9. The van der Waals surface area contributed by atoms with E-state index in [1.807, 2.05) is 37.3 Å². The predicted molar refractivity (Wildman–Crippen MR) is 74.4 cm³/mol. The van der Waals surface area contributed by atoms with Crippen molar-refractivity contribution in [1.29, 1.82) is 0 Å². The summed E-state index contributed by atoms with van der Waals surface area (Å²) in [6, 6.07) is 11.6. The van der Waals surface area contributed by atoms with Crippen molar-refractivity contribution in [3.63, 3.8) is 0 Å². The van der Waals surface area contributed by atoms with Crippen molar-refractivity contribution >= 4 is 17.3 Å². The van der Waals surface area contributed by atoms with Crippen LogP contribution in [-0.4, -0.2) is 18.1 Å². The van der Waals surface area contributed by atoms with Crippen LogP contribution in [-0.2, 0) is 0 Å². The molecule has 0 aliphatic carbocycles. The molecule has 0 radical (unpaired) electrons. The number of para-hydroxylation sites is 1. The third kappa shape index (κ3) is 3.64. The minimum absolute atomic E-state index is 0.486. The van der Waals surface area contributed by atoms with Gasteiger partial charge >= 0.3 is 0 Å². The molecule has 0 atom stereocenters. The number of hydrogen-bond acceptors (Lipinski definition) is 3. The van der Waals surface area contributed by atoms with Crippen LogP contribution in [0.1, 0.15) is 5.56 Å². The van der Waals surface area contributed by atoms with Crippen LogP contribution in [0.5, 0.6) is 5.75 Å². The maximum Gasteiger partial charge on any atom is 0.131 e. The Kier molecular flexibility index (Phi) is 4.42. The lowest BCUT2D eigenvalue weighted by molar-refractivity contribution is 0.330. The summed E-state index contributed by atoms with van der Waals surface area (Å²) < 4.78 is 5.68. The van der Waals surface area contributed by atoms with Crippen LogP contribution < -0.4 is 10.1 Å². The first-order chi connectivity index (χ1) is 8.75. The normalized spacial score (nSPS) is 10.1. The van der Waals surface area contributed by atoms with Crippen LogP contribution in [0.25, 0.3) is 0 Å². The summed E-state index contributed by atoms with van der Waals surface area (Å²) in [5, 5.41) is 3.71. The standard InChI is InChI=1S/C14H15ClN2O/c1-11-4-2-3-5-13(11)18-9-8-16-12-6-7-17-14(15)10-12/h2-7,10H,8-9H2,1H3,(H,16,17). The molecule has 0 fully saturated rings. The first-order valence-corrected chi connectivity index (χ1v) is 6.17. The van der Waals surface area contributed by atoms with Gasteiger partial charge in [0.1, 0.15) is 17.5 Å². The summed E-state index contributed by atoms with van der Waals surface area (Å²) in [6.45, 7) is 3.35. The minimum atomic E-state index is 0.486. The molecule has 18 heavy (non-hydrogen) atoms. The van der Waals surface area contributed by atoms with Gasteiger partial charge in [-0.2, -0.15) is 0 Å². The molecule has 0 amide bonds. The first kappa shape index (κ1) is 12.7. The number of hydrogen-bond donors (Lipinski definition) is 1. The molecule has 3 nitrogen and oxygen atoms in total. The summed E-state index contributed by atoms with van der Waals surface area (Å²) in [7, 11) is 0. The van der Waals surface area contributed by atoms with Crippen molar-refractivity contribution in [3.05, 3.63) is 53.3 Å². The Balaban J connectivity index is 1.78. The number of pyridine rings is 1. The number of rotatable bonds is 5. The van der Waals surface area contributed by atoms with Gasteiger partial charge in [-0.05, 0) is 30.7 Å². The number of aromatic nitrogens is 1.